The molecule has 1 aromatic rings. The normalized spacial score (nSPS) is 13.5. The van der Waals surface area contributed by atoms with Crippen LogP contribution in [0.25, 0.3) is 0 Å². The molecule has 0 saturated heterocycles. The van der Waals surface area contributed by atoms with E-state index in [4.69, 9.17) is 5.73 Å². The van der Waals surface area contributed by atoms with Crippen molar-refractivity contribution in [1.82, 2.24) is 4.72 Å². The van der Waals surface area contributed by atoms with Crippen molar-refractivity contribution in [3.8, 4) is 0 Å². The molecule has 0 atom stereocenters. The molecule has 20 heavy (non-hydrogen) atoms. The lowest BCUT2D eigenvalue weighted by atomic mass is 9.82. The number of rotatable bonds is 4. The van der Waals surface area contributed by atoms with E-state index in [1.54, 1.807) is 12.1 Å². The Hall–Kier alpha value is -0.590. The van der Waals surface area contributed by atoms with Crippen molar-refractivity contribution in [2.45, 2.75) is 51.5 Å². The van der Waals surface area contributed by atoms with Crippen LogP contribution in [0.4, 0.5) is 5.69 Å². The second kappa shape index (κ2) is 5.66. The quantitative estimate of drug-likeness (QED) is 0.804. The van der Waals surface area contributed by atoms with Gasteiger partial charge in [-0.3, -0.25) is 0 Å². The highest BCUT2D eigenvalue weighted by molar-refractivity contribution is 9.10. The van der Waals surface area contributed by atoms with Gasteiger partial charge >= 0.3 is 0 Å². The summed E-state index contributed by atoms with van der Waals surface area (Å²) in [7, 11) is -3.62. The molecule has 1 aromatic carbocycles. The van der Waals surface area contributed by atoms with E-state index < -0.39 is 15.6 Å². The first-order valence-electron chi connectivity index (χ1n) is 6.41. The highest BCUT2D eigenvalue weighted by atomic mass is 79.9. The predicted molar refractivity (Wildman–Crippen MR) is 87.0 cm³/mol. The Morgan fingerprint density at radius 1 is 1.20 bits per heavy atom. The fraction of sp³-hybridized carbons (Fsp3) is 0.571. The molecule has 0 aliphatic heterocycles. The molecule has 0 saturated carbocycles. The molecule has 0 aliphatic rings. The summed E-state index contributed by atoms with van der Waals surface area (Å²) in [5.41, 5.74) is 5.58. The van der Waals surface area contributed by atoms with E-state index in [1.807, 2.05) is 13.8 Å². The molecule has 1 rings (SSSR count). The van der Waals surface area contributed by atoms with Crippen LogP contribution in [-0.2, 0) is 10.0 Å². The zero-order valence-electron chi connectivity index (χ0n) is 12.6. The molecule has 0 fully saturated rings. The smallest absolute Gasteiger partial charge is 0.242 e. The minimum absolute atomic E-state index is 0.0268. The van der Waals surface area contributed by atoms with E-state index in [0.717, 1.165) is 6.42 Å². The number of hydrogen-bond acceptors (Lipinski definition) is 3. The molecule has 0 radical (unpaired) electrons. The molecule has 0 aromatic heterocycles. The van der Waals surface area contributed by atoms with Crippen molar-refractivity contribution in [2.75, 3.05) is 5.73 Å². The number of halogens is 1. The maximum absolute atomic E-state index is 12.5. The van der Waals surface area contributed by atoms with Gasteiger partial charge in [0.15, 0.2) is 0 Å². The Morgan fingerprint density at radius 3 is 2.25 bits per heavy atom. The molecule has 0 amide bonds. The summed E-state index contributed by atoms with van der Waals surface area (Å²) in [6.07, 6.45) is 0.721. The molecular formula is C14H23BrN2O2S. The Bertz CT molecular complexity index is 590. The third-order valence-corrected chi connectivity index (χ3v) is 5.32. The standard InChI is InChI=1S/C14H23BrN2O2S/c1-13(2,3)9-14(4,5)17-20(18,19)12-8-10(16)6-7-11(12)15/h6-8,17H,9,16H2,1-5H3. The first-order valence-corrected chi connectivity index (χ1v) is 8.69. The van der Waals surface area contributed by atoms with Crippen LogP contribution < -0.4 is 10.5 Å². The molecule has 114 valence electrons. The Kier molecular flexibility index (Phi) is 4.94. The summed E-state index contributed by atoms with van der Waals surface area (Å²) >= 11 is 3.26. The van der Waals surface area contributed by atoms with Gasteiger partial charge in [-0.25, -0.2) is 13.1 Å². The number of nitrogens with two attached hydrogens (primary N) is 1. The van der Waals surface area contributed by atoms with Crippen LogP contribution in [0, 0.1) is 5.41 Å². The van der Waals surface area contributed by atoms with E-state index in [9.17, 15) is 8.42 Å². The second-order valence-corrected chi connectivity index (χ2v) is 9.42. The summed E-state index contributed by atoms with van der Waals surface area (Å²) in [5.74, 6) is 0. The van der Waals surface area contributed by atoms with E-state index in [1.165, 1.54) is 6.07 Å². The Labute approximate surface area is 130 Å². The average molecular weight is 363 g/mol. The van der Waals surface area contributed by atoms with Crippen LogP contribution in [0.3, 0.4) is 0 Å². The first kappa shape index (κ1) is 17.5. The van der Waals surface area contributed by atoms with Gasteiger partial charge in [-0.2, -0.15) is 0 Å². The molecule has 0 spiro atoms. The van der Waals surface area contributed by atoms with E-state index in [0.29, 0.717) is 10.2 Å². The van der Waals surface area contributed by atoms with Crippen molar-refractivity contribution < 1.29 is 8.42 Å². The summed E-state index contributed by atoms with van der Waals surface area (Å²) in [4.78, 5) is 0.166. The number of benzene rings is 1. The van der Waals surface area contributed by atoms with Gasteiger partial charge in [-0.05, 0) is 59.8 Å². The number of nitrogen functional groups attached to an aromatic ring is 1. The van der Waals surface area contributed by atoms with E-state index in [2.05, 4.69) is 41.4 Å². The molecular weight excluding hydrogens is 340 g/mol. The SMILES string of the molecule is CC(C)(C)CC(C)(C)NS(=O)(=O)c1cc(N)ccc1Br. The largest absolute Gasteiger partial charge is 0.399 e. The summed E-state index contributed by atoms with van der Waals surface area (Å²) < 4.78 is 28.3. The number of sulfonamides is 1. The van der Waals surface area contributed by atoms with Gasteiger partial charge in [0.25, 0.3) is 0 Å². The monoisotopic (exact) mass is 362 g/mol. The van der Waals surface area contributed by atoms with Gasteiger partial charge in [-0.15, -0.1) is 0 Å². The highest BCUT2D eigenvalue weighted by Crippen LogP contribution is 2.30. The number of anilines is 1. The van der Waals surface area contributed by atoms with Crippen molar-refractivity contribution in [3.05, 3.63) is 22.7 Å². The van der Waals surface area contributed by atoms with Gasteiger partial charge in [0.05, 0.1) is 4.90 Å². The predicted octanol–water partition coefficient (Wildman–Crippen LogP) is 3.52. The lowest BCUT2D eigenvalue weighted by Crippen LogP contribution is -2.45. The van der Waals surface area contributed by atoms with Crippen molar-refractivity contribution >= 4 is 31.6 Å². The fourth-order valence-corrected chi connectivity index (χ4v) is 4.92. The zero-order chi connectivity index (χ0) is 15.8. The third kappa shape index (κ3) is 5.07. The second-order valence-electron chi connectivity index (χ2n) is 6.92. The summed E-state index contributed by atoms with van der Waals surface area (Å²) in [6, 6.07) is 4.75. The van der Waals surface area contributed by atoms with Crippen LogP contribution in [-0.4, -0.2) is 14.0 Å². The van der Waals surface area contributed by atoms with Crippen LogP contribution in [0.15, 0.2) is 27.6 Å². The molecule has 0 unspecified atom stereocenters. The zero-order valence-corrected chi connectivity index (χ0v) is 15.0. The van der Waals surface area contributed by atoms with Crippen LogP contribution in [0.5, 0.6) is 0 Å². The molecule has 0 bridgehead atoms. The molecule has 6 heteroatoms. The minimum atomic E-state index is -3.62. The average Bonchev–Trinajstić information content (AvgIpc) is 2.15. The van der Waals surface area contributed by atoms with Gasteiger partial charge in [-0.1, -0.05) is 20.8 Å². The Balaban J connectivity index is 3.09. The van der Waals surface area contributed by atoms with Gasteiger partial charge in [0, 0.05) is 15.7 Å². The lowest BCUT2D eigenvalue weighted by Gasteiger charge is -2.33. The molecule has 3 N–H and O–H groups in total. The lowest BCUT2D eigenvalue weighted by molar-refractivity contribution is 0.269. The van der Waals surface area contributed by atoms with Crippen LogP contribution >= 0.6 is 15.9 Å². The fourth-order valence-electron chi connectivity index (χ4n) is 2.51. The third-order valence-electron chi connectivity index (χ3n) is 2.63. The van der Waals surface area contributed by atoms with Crippen molar-refractivity contribution in [1.29, 1.82) is 0 Å². The van der Waals surface area contributed by atoms with Gasteiger partial charge in [0.1, 0.15) is 0 Å². The van der Waals surface area contributed by atoms with Crippen LogP contribution in [0.1, 0.15) is 41.0 Å². The number of nitrogens with one attached hydrogen (secondary N) is 1. The van der Waals surface area contributed by atoms with Gasteiger partial charge in [0.2, 0.25) is 10.0 Å². The highest BCUT2D eigenvalue weighted by Gasteiger charge is 2.31. The van der Waals surface area contributed by atoms with E-state index in [-0.39, 0.29) is 10.3 Å². The molecule has 0 heterocycles. The van der Waals surface area contributed by atoms with Gasteiger partial charge < -0.3 is 5.73 Å². The first-order chi connectivity index (χ1) is 8.82. The van der Waals surface area contributed by atoms with Crippen molar-refractivity contribution in [3.63, 3.8) is 0 Å². The Morgan fingerprint density at radius 2 is 1.75 bits per heavy atom. The maximum atomic E-state index is 12.5. The van der Waals surface area contributed by atoms with E-state index >= 15 is 0 Å². The van der Waals surface area contributed by atoms with Crippen LogP contribution in [0.2, 0.25) is 0 Å². The topological polar surface area (TPSA) is 72.2 Å². The summed E-state index contributed by atoms with van der Waals surface area (Å²) in [5, 5.41) is 0. The molecule has 0 aliphatic carbocycles. The van der Waals surface area contributed by atoms with Crippen molar-refractivity contribution in [2.24, 2.45) is 5.41 Å². The number of hydrogen-bond donors (Lipinski definition) is 2. The molecule has 4 nitrogen and oxygen atoms in total. The maximum Gasteiger partial charge on any atom is 0.242 e. The minimum Gasteiger partial charge on any atom is -0.399 e. The summed E-state index contributed by atoms with van der Waals surface area (Å²) in [6.45, 7) is 10.0.